The first kappa shape index (κ1) is 27.0. The van der Waals surface area contributed by atoms with E-state index in [2.05, 4.69) is 42.7 Å². The maximum Gasteiger partial charge on any atom is 0.257 e. The van der Waals surface area contributed by atoms with Gasteiger partial charge >= 0.3 is 0 Å². The van der Waals surface area contributed by atoms with Crippen molar-refractivity contribution < 1.29 is 14.4 Å². The van der Waals surface area contributed by atoms with Crippen molar-refractivity contribution in [1.29, 1.82) is 0 Å². The van der Waals surface area contributed by atoms with Gasteiger partial charge in [-0.05, 0) is 62.6 Å². The summed E-state index contributed by atoms with van der Waals surface area (Å²) in [5, 5.41) is 9.22. The average molecular weight is 540 g/mol. The molecular formula is C30H33N7O3. The predicted octanol–water partition coefficient (Wildman–Crippen LogP) is 3.90. The largest absolute Gasteiger partial charge is 0.359 e. The quantitative estimate of drug-likeness (QED) is 0.269. The van der Waals surface area contributed by atoms with Crippen molar-refractivity contribution in [3.8, 4) is 11.3 Å². The number of fused-ring (bicyclic) bond motifs is 1. The smallest absolute Gasteiger partial charge is 0.257 e. The number of aryl methyl sites for hydroxylation is 1. The highest BCUT2D eigenvalue weighted by Crippen LogP contribution is 2.25. The Morgan fingerprint density at radius 2 is 1.82 bits per heavy atom. The molecule has 0 radical (unpaired) electrons. The minimum Gasteiger partial charge on any atom is -0.359 e. The van der Waals surface area contributed by atoms with E-state index in [1.165, 1.54) is 6.20 Å². The third-order valence-corrected chi connectivity index (χ3v) is 7.30. The first-order valence-electron chi connectivity index (χ1n) is 13.4. The Hall–Kier alpha value is -4.57. The highest BCUT2D eigenvalue weighted by Gasteiger charge is 2.22. The molecule has 0 unspecified atom stereocenters. The summed E-state index contributed by atoms with van der Waals surface area (Å²) >= 11 is 0. The van der Waals surface area contributed by atoms with Crippen LogP contribution in [0.2, 0.25) is 0 Å². The summed E-state index contributed by atoms with van der Waals surface area (Å²) in [6.07, 6.45) is 5.65. The summed E-state index contributed by atoms with van der Waals surface area (Å²) < 4.78 is 0. The van der Waals surface area contributed by atoms with Crippen LogP contribution in [0.4, 0.5) is 11.4 Å². The lowest BCUT2D eigenvalue weighted by molar-refractivity contribution is -0.120. The predicted molar refractivity (Wildman–Crippen MR) is 155 cm³/mol. The number of anilines is 2. The lowest BCUT2D eigenvalue weighted by Gasteiger charge is -2.20. The van der Waals surface area contributed by atoms with Gasteiger partial charge in [-0.25, -0.2) is 4.98 Å². The Balaban J connectivity index is 1.27. The number of amides is 3. The maximum absolute atomic E-state index is 13.1. The Bertz CT molecular complexity index is 1560. The van der Waals surface area contributed by atoms with Gasteiger partial charge in [0.2, 0.25) is 11.8 Å². The second-order valence-corrected chi connectivity index (χ2v) is 10.2. The van der Waals surface area contributed by atoms with Gasteiger partial charge in [-0.15, -0.1) is 0 Å². The van der Waals surface area contributed by atoms with Crippen molar-refractivity contribution in [3.63, 3.8) is 0 Å². The van der Waals surface area contributed by atoms with Crippen LogP contribution in [0.1, 0.15) is 41.4 Å². The monoisotopic (exact) mass is 539 g/mol. The van der Waals surface area contributed by atoms with Gasteiger partial charge < -0.3 is 20.9 Å². The number of likely N-dealkylation sites (tertiary alicyclic amines) is 1. The average Bonchev–Trinajstić information content (AvgIpc) is 3.56. The molecule has 4 N–H and O–H groups in total. The summed E-state index contributed by atoms with van der Waals surface area (Å²) in [6.45, 7) is 5.19. The highest BCUT2D eigenvalue weighted by atomic mass is 16.2. The van der Waals surface area contributed by atoms with Gasteiger partial charge in [0.25, 0.3) is 5.91 Å². The van der Waals surface area contributed by atoms with E-state index < -0.39 is 0 Å². The van der Waals surface area contributed by atoms with Crippen molar-refractivity contribution >= 4 is 40.1 Å². The van der Waals surface area contributed by atoms with E-state index in [0.717, 1.165) is 41.6 Å². The van der Waals surface area contributed by atoms with Gasteiger partial charge in [-0.2, -0.15) is 0 Å². The lowest BCUT2D eigenvalue weighted by Crippen LogP contribution is -2.35. The second-order valence-electron chi connectivity index (χ2n) is 10.2. The van der Waals surface area contributed by atoms with Crippen LogP contribution in [0.15, 0.2) is 54.9 Å². The van der Waals surface area contributed by atoms with Crippen LogP contribution in [0.25, 0.3) is 22.3 Å². The maximum atomic E-state index is 13.1. The zero-order chi connectivity index (χ0) is 28.2. The molecule has 40 heavy (non-hydrogen) atoms. The third-order valence-electron chi connectivity index (χ3n) is 7.30. The molecule has 1 saturated heterocycles. The van der Waals surface area contributed by atoms with Gasteiger partial charge in [0, 0.05) is 30.4 Å². The van der Waals surface area contributed by atoms with Crippen molar-refractivity contribution in [1.82, 2.24) is 25.2 Å². The van der Waals surface area contributed by atoms with Crippen LogP contribution in [0.3, 0.4) is 0 Å². The normalized spacial score (nSPS) is 15.2. The number of H-pyrrole nitrogens is 1. The molecule has 10 nitrogen and oxygen atoms in total. The molecular weight excluding hydrogens is 506 g/mol. The first-order valence-corrected chi connectivity index (χ1v) is 13.4. The van der Waals surface area contributed by atoms with E-state index in [4.69, 9.17) is 0 Å². The zero-order valence-electron chi connectivity index (χ0n) is 22.9. The standard InChI is InChI=1S/C30H33N7O3/c1-18-5-4-10-37(18)17-28(39)34-24-14-25(19(2)32-16-24)36-30(40)23-12-22-13-26(35-29(22)33-15-23)21-8-6-20(7-9-21)11-27(38)31-3/h6-9,12-16,18H,4-5,10-11,17H2,1-3H3,(H,31,38)(H,33,35)(H,34,39)(H,36,40)/t18-/m0/s1. The molecule has 5 rings (SSSR count). The van der Waals surface area contributed by atoms with Crippen LogP contribution < -0.4 is 16.0 Å². The molecule has 1 aromatic carbocycles. The number of pyridine rings is 2. The Morgan fingerprint density at radius 3 is 2.55 bits per heavy atom. The van der Waals surface area contributed by atoms with Gasteiger partial charge in [-0.3, -0.25) is 24.3 Å². The molecule has 4 aromatic rings. The molecule has 206 valence electrons. The molecule has 4 heterocycles. The van der Waals surface area contributed by atoms with E-state index in [1.807, 2.05) is 30.3 Å². The second kappa shape index (κ2) is 11.7. The molecule has 0 saturated carbocycles. The van der Waals surface area contributed by atoms with Gasteiger partial charge in [0.15, 0.2) is 0 Å². The molecule has 0 spiro atoms. The molecule has 0 aliphatic carbocycles. The number of carbonyl (C=O) groups is 3. The van der Waals surface area contributed by atoms with Crippen molar-refractivity contribution in [2.45, 2.75) is 39.2 Å². The summed E-state index contributed by atoms with van der Waals surface area (Å²) in [5.74, 6) is -0.464. The Kier molecular flexibility index (Phi) is 7.88. The summed E-state index contributed by atoms with van der Waals surface area (Å²) in [6, 6.07) is 13.6. The molecule has 3 amide bonds. The van der Waals surface area contributed by atoms with Crippen LogP contribution >= 0.6 is 0 Å². The molecule has 10 heteroatoms. The van der Waals surface area contributed by atoms with Gasteiger partial charge in [0.05, 0.1) is 41.8 Å². The number of benzene rings is 1. The van der Waals surface area contributed by atoms with E-state index >= 15 is 0 Å². The zero-order valence-corrected chi connectivity index (χ0v) is 22.9. The number of likely N-dealkylation sites (N-methyl/N-ethyl adjacent to an activating group) is 1. The Labute approximate surface area is 232 Å². The number of hydrogen-bond acceptors (Lipinski definition) is 6. The summed E-state index contributed by atoms with van der Waals surface area (Å²) in [4.78, 5) is 51.6. The fraction of sp³-hybridized carbons (Fsp3) is 0.300. The van der Waals surface area contributed by atoms with Crippen molar-refractivity contribution in [2.75, 3.05) is 30.8 Å². The fourth-order valence-corrected chi connectivity index (χ4v) is 4.91. The lowest BCUT2D eigenvalue weighted by atomic mass is 10.1. The number of nitrogens with zero attached hydrogens (tertiary/aromatic N) is 3. The molecule has 0 bridgehead atoms. The van der Waals surface area contributed by atoms with Crippen molar-refractivity contribution in [2.24, 2.45) is 0 Å². The molecule has 1 atom stereocenters. The molecule has 1 aliphatic heterocycles. The number of carbonyl (C=O) groups excluding carboxylic acids is 3. The number of rotatable bonds is 8. The van der Waals surface area contributed by atoms with Crippen LogP contribution in [0, 0.1) is 6.92 Å². The van der Waals surface area contributed by atoms with Crippen LogP contribution in [-0.4, -0.2) is 63.8 Å². The number of aromatic nitrogens is 3. The summed E-state index contributed by atoms with van der Waals surface area (Å²) in [7, 11) is 1.62. The van der Waals surface area contributed by atoms with E-state index in [1.54, 1.807) is 32.3 Å². The number of aromatic amines is 1. The van der Waals surface area contributed by atoms with Crippen molar-refractivity contribution in [3.05, 3.63) is 71.7 Å². The van der Waals surface area contributed by atoms with Gasteiger partial charge in [0.1, 0.15) is 5.65 Å². The minimum atomic E-state index is -0.324. The SMILES string of the molecule is CNC(=O)Cc1ccc(-c2cc3cc(C(=O)Nc4cc(NC(=O)CN5CCC[C@@H]5C)cnc4C)cnc3[nH]2)cc1. The van der Waals surface area contributed by atoms with E-state index in [9.17, 15) is 14.4 Å². The number of nitrogens with one attached hydrogen (secondary N) is 4. The highest BCUT2D eigenvalue weighted by molar-refractivity contribution is 6.06. The minimum absolute atomic E-state index is 0.0389. The van der Waals surface area contributed by atoms with E-state index in [-0.39, 0.29) is 17.7 Å². The van der Waals surface area contributed by atoms with Gasteiger partial charge in [-0.1, -0.05) is 24.3 Å². The fourth-order valence-electron chi connectivity index (χ4n) is 4.91. The van der Waals surface area contributed by atoms with Crippen LogP contribution in [0.5, 0.6) is 0 Å². The van der Waals surface area contributed by atoms with Crippen LogP contribution in [-0.2, 0) is 16.0 Å². The molecule has 1 fully saturated rings. The Morgan fingerprint density at radius 1 is 1.02 bits per heavy atom. The topological polar surface area (TPSA) is 132 Å². The number of hydrogen-bond donors (Lipinski definition) is 4. The molecule has 1 aliphatic rings. The first-order chi connectivity index (χ1) is 19.3. The summed E-state index contributed by atoms with van der Waals surface area (Å²) in [5.41, 5.74) is 5.48. The van der Waals surface area contributed by atoms with E-state index in [0.29, 0.717) is 47.3 Å². The molecule has 3 aromatic heterocycles. The third kappa shape index (κ3) is 6.18.